The Hall–Kier alpha value is -0.0275. The Balaban J connectivity index is 0.000000490. The second kappa shape index (κ2) is 3.91. The first-order valence-corrected chi connectivity index (χ1v) is 2.64. The molecule has 1 aromatic rings. The highest BCUT2D eigenvalue weighted by Crippen LogP contribution is 1.70. The van der Waals surface area contributed by atoms with Crippen molar-refractivity contribution >= 4 is 33.3 Å². The third-order valence-corrected chi connectivity index (χ3v) is 1.03. The predicted molar refractivity (Wildman–Crippen MR) is 36.9 cm³/mol. The third-order valence-electron chi connectivity index (χ3n) is 0.688. The molecule has 1 nitrogen and oxygen atoms in total. The summed E-state index contributed by atoms with van der Waals surface area (Å²) in [6, 6.07) is 5.79. The van der Waals surface area contributed by atoms with Gasteiger partial charge in [-0.2, -0.15) is 0 Å². The lowest BCUT2D eigenvalue weighted by molar-refractivity contribution is 1.39. The summed E-state index contributed by atoms with van der Waals surface area (Å²) in [6.45, 7) is 0. The summed E-state index contributed by atoms with van der Waals surface area (Å²) in [7, 11) is 0. The van der Waals surface area contributed by atoms with Crippen molar-refractivity contribution < 1.29 is 0 Å². The maximum Gasteiger partial charge on any atom is 0.209 e. The molecule has 0 aliphatic heterocycles. The van der Waals surface area contributed by atoms with Crippen LogP contribution in [-0.4, -0.2) is 21.3 Å². The monoisotopic (exact) mass is 141 g/mol. The van der Waals surface area contributed by atoms with Gasteiger partial charge in [0, 0.05) is 6.20 Å². The highest BCUT2D eigenvalue weighted by atomic mass is 35.5. The molecule has 0 aromatic carbocycles. The highest BCUT2D eigenvalue weighted by molar-refractivity contribution is 6.30. The van der Waals surface area contributed by atoms with Gasteiger partial charge in [-0.05, 0) is 6.07 Å². The molecule has 0 atom stereocenters. The molecule has 0 saturated carbocycles. The lowest BCUT2D eigenvalue weighted by Gasteiger charge is -1.83. The predicted octanol–water partition coefficient (Wildman–Crippen LogP) is 0.297. The molecule has 0 bridgehead atoms. The molecule has 1 rings (SSSR count). The summed E-state index contributed by atoms with van der Waals surface area (Å²) >= 11 is 2.52. The van der Waals surface area contributed by atoms with Crippen LogP contribution >= 0.6 is 12.4 Å². The van der Waals surface area contributed by atoms with E-state index in [1.165, 1.54) is 0 Å². The van der Waals surface area contributed by atoms with E-state index in [9.17, 15) is 0 Å². The van der Waals surface area contributed by atoms with Gasteiger partial charge in [0.15, 0.2) is 0 Å². The van der Waals surface area contributed by atoms with Crippen LogP contribution in [0.5, 0.6) is 0 Å². The van der Waals surface area contributed by atoms with E-state index in [1.54, 1.807) is 6.20 Å². The van der Waals surface area contributed by atoms with Crippen LogP contribution in [0.25, 0.3) is 0 Å². The summed E-state index contributed by atoms with van der Waals surface area (Å²) in [5.74, 6) is 0. The van der Waals surface area contributed by atoms with E-state index in [0.29, 0.717) is 0 Å². The van der Waals surface area contributed by atoms with E-state index < -0.39 is 0 Å². The minimum absolute atomic E-state index is 0. The second-order valence-electron chi connectivity index (χ2n) is 1.25. The van der Waals surface area contributed by atoms with Gasteiger partial charge in [-0.25, -0.2) is 0 Å². The average Bonchev–Trinajstić information content (AvgIpc) is 1.69. The van der Waals surface area contributed by atoms with Crippen molar-refractivity contribution in [1.29, 1.82) is 0 Å². The van der Waals surface area contributed by atoms with Gasteiger partial charge in [-0.15, -0.1) is 12.4 Å². The molecule has 2 radical (unpaired) electrons. The molecule has 0 aliphatic carbocycles. The van der Waals surface area contributed by atoms with Crippen LogP contribution < -0.4 is 4.56 Å². The van der Waals surface area contributed by atoms with Crippen LogP contribution in [0.3, 0.4) is 0 Å². The average molecular weight is 142 g/mol. The van der Waals surface area contributed by atoms with E-state index in [2.05, 4.69) is 21.3 Å². The number of hydrogen-bond donors (Lipinski definition) is 0. The number of pyridine rings is 1. The maximum atomic E-state index is 3.94. The van der Waals surface area contributed by atoms with Crippen molar-refractivity contribution in [3.8, 4) is 0 Å². The lowest BCUT2D eigenvalue weighted by Crippen LogP contribution is -2.04. The number of aromatic nitrogens is 1. The Morgan fingerprint density at radius 3 is 2.38 bits per heavy atom. The molecule has 1 aromatic heterocycles. The van der Waals surface area contributed by atoms with Crippen LogP contribution in [0.15, 0.2) is 24.4 Å². The minimum atomic E-state index is 0. The molecular formula is C5H5AlClN. The van der Waals surface area contributed by atoms with Crippen LogP contribution in [0.2, 0.25) is 0 Å². The Morgan fingerprint density at radius 1 is 1.38 bits per heavy atom. The number of nitrogens with zero attached hydrogens (tertiary/aromatic N) is 1. The van der Waals surface area contributed by atoms with Gasteiger partial charge in [-0.3, -0.25) is 4.98 Å². The topological polar surface area (TPSA) is 12.9 Å². The number of rotatable bonds is 0. The maximum absolute atomic E-state index is 3.94. The zero-order valence-corrected chi connectivity index (χ0v) is 6.21. The first kappa shape index (κ1) is 7.97. The Kier molecular flexibility index (Phi) is 3.90. The molecule has 3 heteroatoms. The molecule has 0 fully saturated rings. The first-order chi connectivity index (χ1) is 3.39. The van der Waals surface area contributed by atoms with E-state index in [4.69, 9.17) is 0 Å². The molecule has 0 unspecified atom stereocenters. The zero-order chi connectivity index (χ0) is 5.11. The third kappa shape index (κ3) is 2.32. The molecule has 0 N–H and O–H groups in total. The van der Waals surface area contributed by atoms with Gasteiger partial charge in [0.25, 0.3) is 0 Å². The van der Waals surface area contributed by atoms with Crippen molar-refractivity contribution in [3.05, 3.63) is 24.4 Å². The van der Waals surface area contributed by atoms with Crippen LogP contribution in [0.4, 0.5) is 0 Å². The molecular weight excluding hydrogens is 136 g/mol. The van der Waals surface area contributed by atoms with Crippen molar-refractivity contribution in [3.63, 3.8) is 0 Å². The molecule has 0 spiro atoms. The number of hydrogen-bond acceptors (Lipinski definition) is 1. The molecule has 40 valence electrons. The van der Waals surface area contributed by atoms with Crippen LogP contribution in [-0.2, 0) is 0 Å². The highest BCUT2D eigenvalue weighted by Gasteiger charge is 1.72. The minimum Gasteiger partial charge on any atom is -0.282 e. The summed E-state index contributed by atoms with van der Waals surface area (Å²) in [5.41, 5.74) is 0. The Morgan fingerprint density at radius 2 is 2.12 bits per heavy atom. The van der Waals surface area contributed by atoms with Crippen molar-refractivity contribution in [1.82, 2.24) is 4.98 Å². The summed E-state index contributed by atoms with van der Waals surface area (Å²) in [5, 5.41) is 0. The second-order valence-corrected chi connectivity index (χ2v) is 1.85. The first-order valence-electron chi connectivity index (χ1n) is 2.06. The van der Waals surface area contributed by atoms with Gasteiger partial charge in [0.05, 0.1) is 0 Å². The molecule has 1 heterocycles. The normalized spacial score (nSPS) is 7.50. The van der Waals surface area contributed by atoms with Gasteiger partial charge in [0.1, 0.15) is 0 Å². The largest absolute Gasteiger partial charge is 0.282 e. The fraction of sp³-hybridized carbons (Fsp3) is 0. The van der Waals surface area contributed by atoms with Gasteiger partial charge >= 0.3 is 0 Å². The molecule has 0 aliphatic rings. The Bertz CT molecular complexity index is 142. The zero-order valence-electron chi connectivity index (χ0n) is 4.24. The Labute approximate surface area is 63.0 Å². The standard InChI is InChI=1S/C5H4N.Al.ClH/c1-2-4-6-5-3-1;;/h1-4H;;1H. The smallest absolute Gasteiger partial charge is 0.209 e. The van der Waals surface area contributed by atoms with Crippen LogP contribution in [0, 0.1) is 0 Å². The summed E-state index contributed by atoms with van der Waals surface area (Å²) in [4.78, 5) is 3.94. The van der Waals surface area contributed by atoms with E-state index in [1.807, 2.05) is 18.2 Å². The van der Waals surface area contributed by atoms with Crippen molar-refractivity contribution in [2.24, 2.45) is 0 Å². The van der Waals surface area contributed by atoms with Crippen molar-refractivity contribution in [2.45, 2.75) is 0 Å². The summed E-state index contributed by atoms with van der Waals surface area (Å²) in [6.07, 6.45) is 1.77. The van der Waals surface area contributed by atoms with E-state index in [-0.39, 0.29) is 12.4 Å². The quantitative estimate of drug-likeness (QED) is 0.474. The molecule has 8 heavy (non-hydrogen) atoms. The lowest BCUT2D eigenvalue weighted by atomic mass is 10.5. The number of halogens is 1. The van der Waals surface area contributed by atoms with Gasteiger partial charge in [0.2, 0.25) is 16.3 Å². The summed E-state index contributed by atoms with van der Waals surface area (Å²) < 4.78 is 0.988. The van der Waals surface area contributed by atoms with Gasteiger partial charge in [-0.1, -0.05) is 16.7 Å². The van der Waals surface area contributed by atoms with Crippen LogP contribution in [0.1, 0.15) is 0 Å². The van der Waals surface area contributed by atoms with E-state index >= 15 is 0 Å². The van der Waals surface area contributed by atoms with Crippen molar-refractivity contribution in [2.75, 3.05) is 0 Å². The molecule has 0 saturated heterocycles. The molecule has 0 amide bonds. The fourth-order valence-corrected chi connectivity index (χ4v) is 0.573. The van der Waals surface area contributed by atoms with E-state index in [0.717, 1.165) is 4.56 Å². The van der Waals surface area contributed by atoms with Gasteiger partial charge < -0.3 is 0 Å². The SMILES string of the molecule is Cl.[Al][c]1ccccn1. The fourth-order valence-electron chi connectivity index (χ4n) is 0.376.